The van der Waals surface area contributed by atoms with Gasteiger partial charge in [-0.2, -0.15) is 0 Å². The molecule has 0 aliphatic heterocycles. The summed E-state index contributed by atoms with van der Waals surface area (Å²) in [5.74, 6) is -0.327. The first-order chi connectivity index (χ1) is 10.1. The molecule has 22 heavy (non-hydrogen) atoms. The molecule has 1 rings (SSSR count). The van der Waals surface area contributed by atoms with Gasteiger partial charge in [-0.3, -0.25) is 0 Å². The number of nitrogens with one attached hydrogen (secondary N) is 1. The van der Waals surface area contributed by atoms with Crippen LogP contribution >= 0.6 is 0 Å². The highest BCUT2D eigenvalue weighted by atomic mass is 16.6. The molecular weight excluding hydrogens is 284 g/mol. The summed E-state index contributed by atoms with van der Waals surface area (Å²) in [6, 6.07) is 4.47. The van der Waals surface area contributed by atoms with Gasteiger partial charge in [-0.05, 0) is 59.0 Å². The van der Waals surface area contributed by atoms with Gasteiger partial charge in [-0.25, -0.2) is 4.79 Å². The first-order valence-electron chi connectivity index (χ1n) is 7.22. The molecule has 6 heteroatoms. The van der Waals surface area contributed by atoms with Crippen LogP contribution in [0.3, 0.4) is 0 Å². The Balaban J connectivity index is 2.75. The van der Waals surface area contributed by atoms with Crippen molar-refractivity contribution >= 4 is 6.09 Å². The predicted molar refractivity (Wildman–Crippen MR) is 85.2 cm³/mol. The van der Waals surface area contributed by atoms with Gasteiger partial charge >= 0.3 is 6.09 Å². The third kappa shape index (κ3) is 6.67. The van der Waals surface area contributed by atoms with Gasteiger partial charge in [-0.1, -0.05) is 6.07 Å². The lowest BCUT2D eigenvalue weighted by Gasteiger charge is -2.25. The van der Waals surface area contributed by atoms with E-state index in [9.17, 15) is 15.0 Å². The molecule has 0 aromatic heterocycles. The van der Waals surface area contributed by atoms with Crippen molar-refractivity contribution in [2.45, 2.75) is 38.8 Å². The first-order valence-corrected chi connectivity index (χ1v) is 7.22. The van der Waals surface area contributed by atoms with Crippen LogP contribution in [0.1, 0.15) is 26.3 Å². The molecule has 0 radical (unpaired) electrons. The lowest BCUT2D eigenvalue weighted by molar-refractivity contribution is 0.0497. The molecule has 3 N–H and O–H groups in total. The topological polar surface area (TPSA) is 82.0 Å². The molecule has 1 aromatic rings. The van der Waals surface area contributed by atoms with Gasteiger partial charge in [0.25, 0.3) is 0 Å². The van der Waals surface area contributed by atoms with Crippen molar-refractivity contribution in [2.75, 3.05) is 20.6 Å². The van der Waals surface area contributed by atoms with E-state index in [0.717, 1.165) is 5.56 Å². The Hall–Kier alpha value is -1.95. The average molecular weight is 310 g/mol. The minimum Gasteiger partial charge on any atom is -0.504 e. The number of aromatic hydroxyl groups is 2. The monoisotopic (exact) mass is 310 g/mol. The third-order valence-electron chi connectivity index (χ3n) is 2.83. The summed E-state index contributed by atoms with van der Waals surface area (Å²) in [5, 5.41) is 21.7. The van der Waals surface area contributed by atoms with Crippen molar-refractivity contribution < 1.29 is 19.7 Å². The lowest BCUT2D eigenvalue weighted by Crippen LogP contribution is -2.45. The van der Waals surface area contributed by atoms with Gasteiger partial charge in [-0.15, -0.1) is 0 Å². The minimum absolute atomic E-state index is 0.159. The van der Waals surface area contributed by atoms with Crippen molar-refractivity contribution in [1.82, 2.24) is 10.2 Å². The summed E-state index contributed by atoms with van der Waals surface area (Å²) in [6.07, 6.45) is 0.0491. The zero-order valence-corrected chi connectivity index (χ0v) is 13.9. The first kappa shape index (κ1) is 18.1. The maximum atomic E-state index is 11.9. The van der Waals surface area contributed by atoms with Crippen LogP contribution < -0.4 is 5.32 Å². The van der Waals surface area contributed by atoms with Gasteiger partial charge in [0, 0.05) is 12.6 Å². The van der Waals surface area contributed by atoms with Gasteiger partial charge in [0.15, 0.2) is 11.5 Å². The second kappa shape index (κ2) is 7.35. The molecule has 1 aromatic carbocycles. The number of ether oxygens (including phenoxy) is 1. The number of phenols is 2. The van der Waals surface area contributed by atoms with Gasteiger partial charge < -0.3 is 25.2 Å². The van der Waals surface area contributed by atoms with Crippen LogP contribution in [-0.4, -0.2) is 53.5 Å². The molecule has 1 atom stereocenters. The van der Waals surface area contributed by atoms with Gasteiger partial charge in [0.2, 0.25) is 0 Å². The molecule has 0 unspecified atom stereocenters. The average Bonchev–Trinajstić information content (AvgIpc) is 2.30. The van der Waals surface area contributed by atoms with Crippen molar-refractivity contribution in [1.29, 1.82) is 0 Å². The van der Waals surface area contributed by atoms with E-state index in [4.69, 9.17) is 4.74 Å². The molecule has 0 heterocycles. The number of benzene rings is 1. The molecule has 6 nitrogen and oxygen atoms in total. The highest BCUT2D eigenvalue weighted by molar-refractivity contribution is 5.68. The number of carbonyl (C=O) groups is 1. The SMILES string of the molecule is CN(C)C[C@H](Cc1ccc(O)c(O)c1)NC(=O)OC(C)(C)C. The lowest BCUT2D eigenvalue weighted by atomic mass is 10.0. The Kier molecular flexibility index (Phi) is 6.05. The van der Waals surface area contributed by atoms with Crippen molar-refractivity contribution in [2.24, 2.45) is 0 Å². The van der Waals surface area contributed by atoms with Crippen LogP contribution in [-0.2, 0) is 11.2 Å². The van der Waals surface area contributed by atoms with Crippen LogP contribution in [0, 0.1) is 0 Å². The summed E-state index contributed by atoms with van der Waals surface area (Å²) < 4.78 is 5.27. The van der Waals surface area contributed by atoms with Gasteiger partial charge in [0.1, 0.15) is 5.60 Å². The van der Waals surface area contributed by atoms with Crippen LogP contribution in [0.4, 0.5) is 4.79 Å². The van der Waals surface area contributed by atoms with E-state index in [1.54, 1.807) is 6.07 Å². The van der Waals surface area contributed by atoms with E-state index in [1.165, 1.54) is 12.1 Å². The number of hydrogen-bond donors (Lipinski definition) is 3. The summed E-state index contributed by atoms with van der Waals surface area (Å²) in [4.78, 5) is 13.9. The van der Waals surface area contributed by atoms with E-state index in [0.29, 0.717) is 13.0 Å². The largest absolute Gasteiger partial charge is 0.504 e. The van der Waals surface area contributed by atoms with Crippen molar-refractivity contribution in [3.05, 3.63) is 23.8 Å². The zero-order chi connectivity index (χ0) is 16.9. The quantitative estimate of drug-likeness (QED) is 0.726. The molecule has 0 aliphatic rings. The van der Waals surface area contributed by atoms with Crippen molar-refractivity contribution in [3.63, 3.8) is 0 Å². The molecule has 0 saturated heterocycles. The molecule has 1 amide bonds. The van der Waals surface area contributed by atoms with E-state index >= 15 is 0 Å². The number of carbonyl (C=O) groups excluding carboxylic acids is 1. The second-order valence-corrected chi connectivity index (χ2v) is 6.63. The number of nitrogens with zero attached hydrogens (tertiary/aromatic N) is 1. The Bertz CT molecular complexity index is 509. The minimum atomic E-state index is -0.552. The van der Waals surface area contributed by atoms with Crippen LogP contribution in [0.5, 0.6) is 11.5 Å². The van der Waals surface area contributed by atoms with E-state index < -0.39 is 11.7 Å². The number of rotatable bonds is 5. The third-order valence-corrected chi connectivity index (χ3v) is 2.83. The van der Waals surface area contributed by atoms with Crippen molar-refractivity contribution in [3.8, 4) is 11.5 Å². The predicted octanol–water partition coefficient (Wildman–Crippen LogP) is 2.10. The Morgan fingerprint density at radius 1 is 1.27 bits per heavy atom. The molecule has 0 spiro atoms. The van der Waals surface area contributed by atoms with E-state index in [2.05, 4.69) is 5.32 Å². The van der Waals surface area contributed by atoms with Crippen LogP contribution in [0.2, 0.25) is 0 Å². The number of hydrogen-bond acceptors (Lipinski definition) is 5. The Morgan fingerprint density at radius 3 is 2.41 bits per heavy atom. The van der Waals surface area contributed by atoms with Gasteiger partial charge in [0.05, 0.1) is 0 Å². The normalized spacial score (nSPS) is 13.0. The standard InChI is InChI=1S/C16H26N2O4/c1-16(2,3)22-15(21)17-12(10-18(4)5)8-11-6-7-13(19)14(20)9-11/h6-7,9,12,19-20H,8,10H2,1-5H3,(H,17,21)/t12-/m0/s1. The summed E-state index contributed by atoms with van der Waals surface area (Å²) >= 11 is 0. The number of likely N-dealkylation sites (N-methyl/N-ethyl adjacent to an activating group) is 1. The fourth-order valence-electron chi connectivity index (χ4n) is 2.06. The highest BCUT2D eigenvalue weighted by Crippen LogP contribution is 2.25. The summed E-state index contributed by atoms with van der Waals surface area (Å²) in [5.41, 5.74) is 0.266. The highest BCUT2D eigenvalue weighted by Gasteiger charge is 2.20. The molecule has 124 valence electrons. The maximum Gasteiger partial charge on any atom is 0.407 e. The smallest absolute Gasteiger partial charge is 0.407 e. The van der Waals surface area contributed by atoms with E-state index in [1.807, 2.05) is 39.8 Å². The fraction of sp³-hybridized carbons (Fsp3) is 0.562. The Labute approximate surface area is 131 Å². The molecule has 0 saturated carbocycles. The molecular formula is C16H26N2O4. The number of alkyl carbamates (subject to hydrolysis) is 1. The number of amides is 1. The molecule has 0 bridgehead atoms. The second-order valence-electron chi connectivity index (χ2n) is 6.63. The molecule has 0 fully saturated rings. The maximum absolute atomic E-state index is 11.9. The summed E-state index contributed by atoms with van der Waals surface area (Å²) in [7, 11) is 3.83. The van der Waals surface area contributed by atoms with Crippen LogP contribution in [0.15, 0.2) is 18.2 Å². The Morgan fingerprint density at radius 2 is 1.91 bits per heavy atom. The fourth-order valence-corrected chi connectivity index (χ4v) is 2.06. The van der Waals surface area contributed by atoms with Crippen LogP contribution in [0.25, 0.3) is 0 Å². The zero-order valence-electron chi connectivity index (χ0n) is 13.9. The van der Waals surface area contributed by atoms with E-state index in [-0.39, 0.29) is 17.5 Å². The number of phenolic OH excluding ortho intramolecular Hbond substituents is 2. The summed E-state index contributed by atoms with van der Waals surface area (Å²) in [6.45, 7) is 6.06. The molecule has 0 aliphatic carbocycles.